The number of nitrogens with zero attached hydrogens (tertiary/aromatic N) is 1. The molecule has 1 aromatic heterocycles. The van der Waals surface area contributed by atoms with Crippen molar-refractivity contribution in [2.24, 2.45) is 0 Å². The van der Waals surface area contributed by atoms with Crippen LogP contribution in [-0.2, 0) is 4.74 Å². The average Bonchev–Trinajstić information content (AvgIpc) is 2.53. The lowest BCUT2D eigenvalue weighted by molar-refractivity contribution is 0.102. The fraction of sp³-hybridized carbons (Fsp3) is 0.250. The van der Waals surface area contributed by atoms with Crippen LogP contribution in [0.15, 0.2) is 42.6 Å². The summed E-state index contributed by atoms with van der Waals surface area (Å²) in [6, 6.07) is 9.02. The van der Waals surface area contributed by atoms with E-state index in [1.165, 1.54) is 18.2 Å². The number of ether oxygens (including phenoxy) is 1. The third-order valence-corrected chi connectivity index (χ3v) is 2.95. The highest BCUT2D eigenvalue weighted by Gasteiger charge is 2.07. The van der Waals surface area contributed by atoms with Gasteiger partial charge in [0.2, 0.25) is 0 Å². The van der Waals surface area contributed by atoms with Gasteiger partial charge in [0.25, 0.3) is 5.91 Å². The number of benzene rings is 1. The number of carbonyl (C=O) groups excluding carboxylic acids is 1. The number of amides is 1. The number of carbonyl (C=O) groups is 1. The van der Waals surface area contributed by atoms with Crippen molar-refractivity contribution in [2.75, 3.05) is 30.9 Å². The Hall–Kier alpha value is -2.47. The van der Waals surface area contributed by atoms with Crippen molar-refractivity contribution >= 4 is 17.4 Å². The number of halogens is 1. The van der Waals surface area contributed by atoms with Crippen molar-refractivity contribution in [3.8, 4) is 0 Å². The van der Waals surface area contributed by atoms with E-state index in [9.17, 15) is 9.18 Å². The van der Waals surface area contributed by atoms with E-state index in [0.717, 1.165) is 18.7 Å². The van der Waals surface area contributed by atoms with Gasteiger partial charge in [-0.1, -0.05) is 6.07 Å². The molecule has 0 aliphatic heterocycles. The second-order valence-electron chi connectivity index (χ2n) is 4.67. The summed E-state index contributed by atoms with van der Waals surface area (Å²) in [6.07, 6.45) is 2.53. The van der Waals surface area contributed by atoms with Crippen molar-refractivity contribution in [3.05, 3.63) is 54.0 Å². The second kappa shape index (κ2) is 8.09. The van der Waals surface area contributed by atoms with Gasteiger partial charge in [0.05, 0.1) is 11.9 Å². The number of rotatable bonds is 7. The summed E-state index contributed by atoms with van der Waals surface area (Å²) >= 11 is 0. The van der Waals surface area contributed by atoms with E-state index in [-0.39, 0.29) is 5.56 Å². The number of methoxy groups -OCH3 is 1. The number of nitrogens with one attached hydrogen (secondary N) is 2. The summed E-state index contributed by atoms with van der Waals surface area (Å²) in [5, 5.41) is 5.82. The molecular weight excluding hydrogens is 285 g/mol. The van der Waals surface area contributed by atoms with Crippen LogP contribution in [0.4, 0.5) is 15.9 Å². The molecule has 22 heavy (non-hydrogen) atoms. The molecule has 1 amide bonds. The molecule has 0 saturated heterocycles. The summed E-state index contributed by atoms with van der Waals surface area (Å²) in [7, 11) is 1.66. The van der Waals surface area contributed by atoms with Crippen molar-refractivity contribution in [1.29, 1.82) is 0 Å². The number of hydrogen-bond donors (Lipinski definition) is 2. The monoisotopic (exact) mass is 303 g/mol. The first-order chi connectivity index (χ1) is 10.7. The molecule has 0 aliphatic carbocycles. The maximum atomic E-state index is 13.1. The van der Waals surface area contributed by atoms with E-state index in [0.29, 0.717) is 12.4 Å². The number of pyridine rings is 1. The fourth-order valence-corrected chi connectivity index (χ4v) is 1.84. The molecule has 5 nitrogen and oxygen atoms in total. The maximum absolute atomic E-state index is 13.1. The zero-order valence-electron chi connectivity index (χ0n) is 12.3. The Morgan fingerprint density at radius 3 is 2.86 bits per heavy atom. The van der Waals surface area contributed by atoms with Gasteiger partial charge in [0.15, 0.2) is 0 Å². The molecule has 2 rings (SSSR count). The molecule has 0 saturated carbocycles. The predicted molar refractivity (Wildman–Crippen MR) is 83.6 cm³/mol. The molecule has 1 heterocycles. The standard InChI is InChI=1S/C16H18FN3O2/c1-22-9-3-8-18-14-6-7-15(19-11-14)20-16(21)12-4-2-5-13(17)10-12/h2,4-7,10-11,18H,3,8-9H2,1H3,(H,19,20,21). The highest BCUT2D eigenvalue weighted by atomic mass is 19.1. The van der Waals surface area contributed by atoms with Crippen LogP contribution in [0.3, 0.4) is 0 Å². The molecule has 0 radical (unpaired) electrons. The third kappa shape index (κ3) is 4.82. The molecule has 0 spiro atoms. The van der Waals surface area contributed by atoms with Crippen molar-refractivity contribution in [3.63, 3.8) is 0 Å². The molecule has 1 aromatic carbocycles. The summed E-state index contributed by atoms with van der Waals surface area (Å²) in [5.41, 5.74) is 1.11. The molecule has 2 aromatic rings. The molecule has 6 heteroatoms. The Kier molecular flexibility index (Phi) is 5.85. The predicted octanol–water partition coefficient (Wildman–Crippen LogP) is 2.92. The maximum Gasteiger partial charge on any atom is 0.256 e. The number of hydrogen-bond acceptors (Lipinski definition) is 4. The third-order valence-electron chi connectivity index (χ3n) is 2.95. The largest absolute Gasteiger partial charge is 0.385 e. The highest BCUT2D eigenvalue weighted by Crippen LogP contribution is 2.11. The van der Waals surface area contributed by atoms with Crippen LogP contribution >= 0.6 is 0 Å². The smallest absolute Gasteiger partial charge is 0.256 e. The van der Waals surface area contributed by atoms with E-state index in [1.54, 1.807) is 25.4 Å². The van der Waals surface area contributed by atoms with Gasteiger partial charge in [0.1, 0.15) is 11.6 Å². The van der Waals surface area contributed by atoms with Gasteiger partial charge in [-0.25, -0.2) is 9.37 Å². The SMILES string of the molecule is COCCCNc1ccc(NC(=O)c2cccc(F)c2)nc1. The lowest BCUT2D eigenvalue weighted by atomic mass is 10.2. The zero-order valence-corrected chi connectivity index (χ0v) is 12.3. The Morgan fingerprint density at radius 2 is 2.18 bits per heavy atom. The first-order valence-corrected chi connectivity index (χ1v) is 6.95. The van der Waals surface area contributed by atoms with Crippen LogP contribution in [0, 0.1) is 5.82 Å². The van der Waals surface area contributed by atoms with E-state index in [1.807, 2.05) is 6.07 Å². The average molecular weight is 303 g/mol. The van der Waals surface area contributed by atoms with Crippen LogP contribution in [0.5, 0.6) is 0 Å². The van der Waals surface area contributed by atoms with Crippen LogP contribution in [-0.4, -0.2) is 31.2 Å². The van der Waals surface area contributed by atoms with Crippen molar-refractivity contribution < 1.29 is 13.9 Å². The minimum Gasteiger partial charge on any atom is -0.385 e. The van der Waals surface area contributed by atoms with Crippen molar-refractivity contribution in [1.82, 2.24) is 4.98 Å². The van der Waals surface area contributed by atoms with E-state index in [4.69, 9.17) is 4.74 Å². The summed E-state index contributed by atoms with van der Waals surface area (Å²) in [6.45, 7) is 1.48. The van der Waals surface area contributed by atoms with Gasteiger partial charge in [-0.15, -0.1) is 0 Å². The van der Waals surface area contributed by atoms with E-state index < -0.39 is 11.7 Å². The number of anilines is 2. The second-order valence-corrected chi connectivity index (χ2v) is 4.67. The summed E-state index contributed by atoms with van der Waals surface area (Å²) in [4.78, 5) is 16.1. The van der Waals surface area contributed by atoms with Crippen molar-refractivity contribution in [2.45, 2.75) is 6.42 Å². The summed E-state index contributed by atoms with van der Waals surface area (Å²) < 4.78 is 18.0. The molecule has 0 aliphatic rings. The molecule has 0 bridgehead atoms. The first-order valence-electron chi connectivity index (χ1n) is 6.95. The molecule has 0 unspecified atom stereocenters. The molecular formula is C16H18FN3O2. The Balaban J connectivity index is 1.89. The minimum absolute atomic E-state index is 0.253. The van der Waals surface area contributed by atoms with Gasteiger partial charge >= 0.3 is 0 Å². The highest BCUT2D eigenvalue weighted by molar-refractivity contribution is 6.03. The van der Waals surface area contributed by atoms with Gasteiger partial charge in [0, 0.05) is 25.8 Å². The molecule has 0 fully saturated rings. The van der Waals surface area contributed by atoms with Gasteiger partial charge in [-0.3, -0.25) is 4.79 Å². The Labute approximate surface area is 128 Å². The van der Waals surface area contributed by atoms with E-state index in [2.05, 4.69) is 15.6 Å². The quantitative estimate of drug-likeness (QED) is 0.772. The van der Waals surface area contributed by atoms with E-state index >= 15 is 0 Å². The van der Waals surface area contributed by atoms with Crippen LogP contribution in [0.1, 0.15) is 16.8 Å². The number of aromatic nitrogens is 1. The molecule has 2 N–H and O–H groups in total. The normalized spacial score (nSPS) is 10.3. The zero-order chi connectivity index (χ0) is 15.8. The van der Waals surface area contributed by atoms with Crippen LogP contribution < -0.4 is 10.6 Å². The molecule has 116 valence electrons. The topological polar surface area (TPSA) is 63.2 Å². The lowest BCUT2D eigenvalue weighted by Gasteiger charge is -2.08. The summed E-state index contributed by atoms with van der Waals surface area (Å²) in [5.74, 6) is -0.430. The van der Waals surface area contributed by atoms with Crippen LogP contribution in [0.2, 0.25) is 0 Å². The van der Waals surface area contributed by atoms with Gasteiger partial charge < -0.3 is 15.4 Å². The fourth-order valence-electron chi connectivity index (χ4n) is 1.84. The van der Waals surface area contributed by atoms with Crippen LogP contribution in [0.25, 0.3) is 0 Å². The molecule has 0 atom stereocenters. The first kappa shape index (κ1) is 15.9. The Morgan fingerprint density at radius 1 is 1.32 bits per heavy atom. The lowest BCUT2D eigenvalue weighted by Crippen LogP contribution is -2.13. The Bertz CT molecular complexity index is 617. The minimum atomic E-state index is -0.448. The van der Waals surface area contributed by atoms with Gasteiger partial charge in [-0.05, 0) is 36.8 Å². The van der Waals surface area contributed by atoms with Gasteiger partial charge in [-0.2, -0.15) is 0 Å².